The monoisotopic (exact) mass is 523 g/mol. The smallest absolute Gasteiger partial charge is 0.274 e. The third-order valence-electron chi connectivity index (χ3n) is 6.18. The van der Waals surface area contributed by atoms with E-state index >= 15 is 0 Å². The van der Waals surface area contributed by atoms with E-state index in [0.717, 1.165) is 5.01 Å². The minimum Gasteiger partial charge on any atom is -0.454 e. The van der Waals surface area contributed by atoms with Gasteiger partial charge in [0.1, 0.15) is 12.3 Å². The largest absolute Gasteiger partial charge is 0.454 e. The molecule has 0 aliphatic carbocycles. The molecule has 0 saturated carbocycles. The van der Waals surface area contributed by atoms with Crippen LogP contribution in [0.25, 0.3) is 11.4 Å². The number of benzene rings is 3. The van der Waals surface area contributed by atoms with E-state index in [1.807, 2.05) is 6.07 Å². The molecule has 2 aliphatic rings. The van der Waals surface area contributed by atoms with E-state index in [2.05, 4.69) is 20.6 Å². The number of nitrogens with one attached hydrogen (secondary N) is 1. The van der Waals surface area contributed by atoms with Gasteiger partial charge in [0, 0.05) is 29.5 Å². The highest BCUT2D eigenvalue weighted by molar-refractivity contribution is 6.14. The summed E-state index contributed by atoms with van der Waals surface area (Å²) >= 11 is 0. The van der Waals surface area contributed by atoms with Crippen LogP contribution in [0.1, 0.15) is 34.7 Å². The molecule has 2 aliphatic heterocycles. The van der Waals surface area contributed by atoms with E-state index in [-0.39, 0.29) is 43.8 Å². The summed E-state index contributed by atoms with van der Waals surface area (Å²) in [6.07, 6.45) is 0.408. The zero-order chi connectivity index (χ0) is 26.8. The van der Waals surface area contributed by atoms with Gasteiger partial charge in [0.15, 0.2) is 17.3 Å². The molecule has 2 amide bonds. The van der Waals surface area contributed by atoms with Gasteiger partial charge in [-0.3, -0.25) is 14.4 Å². The first-order chi connectivity index (χ1) is 19.0. The number of hydrazone groups is 1. The number of ether oxygens (including phenoxy) is 2. The molecule has 11 nitrogen and oxygen atoms in total. The second kappa shape index (κ2) is 10.2. The highest BCUT2D eigenvalue weighted by Gasteiger charge is 2.27. The highest BCUT2D eigenvalue weighted by atomic mass is 16.7. The molecular formula is C28H21N5O6. The summed E-state index contributed by atoms with van der Waals surface area (Å²) in [7, 11) is 0. The average molecular weight is 524 g/mol. The van der Waals surface area contributed by atoms with Gasteiger partial charge < -0.3 is 19.3 Å². The van der Waals surface area contributed by atoms with Crippen LogP contribution in [0.5, 0.6) is 11.5 Å². The third kappa shape index (κ3) is 4.97. The first kappa shape index (κ1) is 24.0. The summed E-state index contributed by atoms with van der Waals surface area (Å²) in [5, 5.41) is 12.1. The van der Waals surface area contributed by atoms with Crippen molar-refractivity contribution < 1.29 is 28.4 Å². The van der Waals surface area contributed by atoms with Gasteiger partial charge in [0.2, 0.25) is 24.4 Å². The van der Waals surface area contributed by atoms with Gasteiger partial charge in [-0.25, -0.2) is 5.01 Å². The number of carbonyl (C=O) groups excluding carboxylic acids is 3. The Kier molecular flexibility index (Phi) is 6.29. The maximum Gasteiger partial charge on any atom is 0.274 e. The molecule has 0 atom stereocenters. The number of rotatable bonds is 7. The lowest BCUT2D eigenvalue weighted by Gasteiger charge is -2.22. The van der Waals surface area contributed by atoms with Crippen LogP contribution < -0.4 is 14.8 Å². The van der Waals surface area contributed by atoms with Crippen LogP contribution in [-0.4, -0.2) is 51.8 Å². The van der Waals surface area contributed by atoms with Gasteiger partial charge in [-0.05, 0) is 30.3 Å². The molecule has 1 N–H and O–H groups in total. The standard InChI is InChI=1S/C28H21N5O6/c34-24(29-20-9-5-4-8-19(20)26(36)17-6-2-1-3-7-17)15-33-25(35)13-11-21(31-33)28-30-27(32-39-28)18-10-12-22-23(14-18)38-16-37-22/h1-10,12,14H,11,13,15-16H2,(H,29,34). The zero-order valence-electron chi connectivity index (χ0n) is 20.5. The highest BCUT2D eigenvalue weighted by Crippen LogP contribution is 2.35. The number of amides is 2. The molecular weight excluding hydrogens is 502 g/mol. The summed E-state index contributed by atoms with van der Waals surface area (Å²) < 4.78 is 16.1. The summed E-state index contributed by atoms with van der Waals surface area (Å²) in [6.45, 7) is -0.196. The molecule has 3 heterocycles. The fourth-order valence-electron chi connectivity index (χ4n) is 4.23. The summed E-state index contributed by atoms with van der Waals surface area (Å²) in [5.74, 6) is 0.648. The number of aromatic nitrogens is 2. The van der Waals surface area contributed by atoms with Crippen molar-refractivity contribution in [2.45, 2.75) is 12.8 Å². The van der Waals surface area contributed by atoms with E-state index in [1.54, 1.807) is 66.7 Å². The first-order valence-corrected chi connectivity index (χ1v) is 12.2. The molecule has 0 saturated heterocycles. The van der Waals surface area contributed by atoms with Gasteiger partial charge in [0.25, 0.3) is 5.89 Å². The molecule has 194 valence electrons. The van der Waals surface area contributed by atoms with Gasteiger partial charge in [-0.15, -0.1) is 0 Å². The van der Waals surface area contributed by atoms with Crippen molar-refractivity contribution in [3.63, 3.8) is 0 Å². The van der Waals surface area contributed by atoms with E-state index < -0.39 is 5.91 Å². The van der Waals surface area contributed by atoms with Crippen LogP contribution in [0, 0.1) is 0 Å². The summed E-state index contributed by atoms with van der Waals surface area (Å²) in [6, 6.07) is 20.8. The van der Waals surface area contributed by atoms with Crippen molar-refractivity contribution in [1.29, 1.82) is 0 Å². The third-order valence-corrected chi connectivity index (χ3v) is 6.18. The number of para-hydroxylation sites is 1. The second-order valence-corrected chi connectivity index (χ2v) is 8.78. The Hall–Kier alpha value is -5.32. The quantitative estimate of drug-likeness (QED) is 0.363. The molecule has 4 aromatic rings. The number of ketones is 1. The first-order valence-electron chi connectivity index (χ1n) is 12.2. The average Bonchev–Trinajstić information content (AvgIpc) is 3.64. The molecule has 39 heavy (non-hydrogen) atoms. The van der Waals surface area contributed by atoms with Gasteiger partial charge in [0.05, 0.1) is 5.69 Å². The number of fused-ring (bicyclic) bond motifs is 1. The van der Waals surface area contributed by atoms with Crippen LogP contribution in [-0.2, 0) is 9.59 Å². The minimum atomic E-state index is -0.506. The number of anilines is 1. The fourth-order valence-corrected chi connectivity index (χ4v) is 4.23. The van der Waals surface area contributed by atoms with Gasteiger partial charge in [-0.2, -0.15) is 10.1 Å². The minimum absolute atomic E-state index is 0.122. The van der Waals surface area contributed by atoms with Gasteiger partial charge >= 0.3 is 0 Å². The van der Waals surface area contributed by atoms with E-state index in [4.69, 9.17) is 14.0 Å². The van der Waals surface area contributed by atoms with Crippen molar-refractivity contribution in [3.05, 3.63) is 89.8 Å². The Bertz CT molecular complexity index is 1610. The van der Waals surface area contributed by atoms with E-state index in [0.29, 0.717) is 45.4 Å². The van der Waals surface area contributed by atoms with Crippen molar-refractivity contribution in [2.75, 3.05) is 18.7 Å². The van der Waals surface area contributed by atoms with Crippen LogP contribution in [0.3, 0.4) is 0 Å². The lowest BCUT2D eigenvalue weighted by molar-refractivity contribution is -0.135. The molecule has 0 unspecified atom stereocenters. The molecule has 0 spiro atoms. The van der Waals surface area contributed by atoms with Crippen LogP contribution in [0.2, 0.25) is 0 Å². The molecule has 0 bridgehead atoms. The van der Waals surface area contributed by atoms with Crippen molar-refractivity contribution in [2.24, 2.45) is 5.10 Å². The van der Waals surface area contributed by atoms with E-state index in [9.17, 15) is 14.4 Å². The Morgan fingerprint density at radius 2 is 1.72 bits per heavy atom. The van der Waals surface area contributed by atoms with Crippen LogP contribution >= 0.6 is 0 Å². The number of carbonyl (C=O) groups is 3. The molecule has 0 radical (unpaired) electrons. The Morgan fingerprint density at radius 3 is 2.59 bits per heavy atom. The van der Waals surface area contributed by atoms with Crippen molar-refractivity contribution in [1.82, 2.24) is 15.1 Å². The normalized spacial score (nSPS) is 14.2. The Balaban J connectivity index is 1.17. The van der Waals surface area contributed by atoms with Crippen molar-refractivity contribution in [3.8, 4) is 22.9 Å². The van der Waals surface area contributed by atoms with E-state index in [1.165, 1.54) is 0 Å². The fraction of sp³-hybridized carbons (Fsp3) is 0.143. The predicted octanol–water partition coefficient (Wildman–Crippen LogP) is 3.66. The van der Waals surface area contributed by atoms with Gasteiger partial charge in [-0.1, -0.05) is 47.6 Å². The summed E-state index contributed by atoms with van der Waals surface area (Å²) in [5.41, 5.74) is 2.24. The van der Waals surface area contributed by atoms with Crippen LogP contribution in [0.15, 0.2) is 82.4 Å². The molecule has 0 fully saturated rings. The van der Waals surface area contributed by atoms with Crippen molar-refractivity contribution >= 4 is 29.0 Å². The molecule has 1 aromatic heterocycles. The lowest BCUT2D eigenvalue weighted by Crippen LogP contribution is -2.38. The molecule has 6 rings (SSSR count). The Labute approximate surface area is 222 Å². The maximum atomic E-state index is 13.0. The lowest BCUT2D eigenvalue weighted by atomic mass is 10.0. The molecule has 3 aromatic carbocycles. The Morgan fingerprint density at radius 1 is 0.923 bits per heavy atom. The topological polar surface area (TPSA) is 136 Å². The number of nitrogens with zero attached hydrogens (tertiary/aromatic N) is 4. The summed E-state index contributed by atoms with van der Waals surface area (Å²) in [4.78, 5) is 42.8. The van der Waals surface area contributed by atoms with Crippen LogP contribution in [0.4, 0.5) is 5.69 Å². The maximum absolute atomic E-state index is 13.0. The number of hydrogen-bond acceptors (Lipinski definition) is 9. The second-order valence-electron chi connectivity index (χ2n) is 8.78. The SMILES string of the molecule is O=C(CN1N=C(c2nc(-c3ccc4c(c3)OCO4)no2)CCC1=O)Nc1ccccc1C(=O)c1ccccc1. The molecule has 11 heteroatoms. The number of hydrogen-bond donors (Lipinski definition) is 1. The zero-order valence-corrected chi connectivity index (χ0v) is 20.5. The predicted molar refractivity (Wildman–Crippen MR) is 138 cm³/mol.